The molecule has 4 nitrogen and oxygen atoms in total. The van der Waals surface area contributed by atoms with Crippen LogP contribution in [-0.2, 0) is 6.54 Å². The van der Waals surface area contributed by atoms with Crippen molar-refractivity contribution in [2.24, 2.45) is 0 Å². The highest BCUT2D eigenvalue weighted by Gasteiger charge is 2.33. The van der Waals surface area contributed by atoms with Crippen molar-refractivity contribution in [1.82, 2.24) is 9.80 Å². The Labute approximate surface area is 152 Å². The van der Waals surface area contributed by atoms with E-state index in [4.69, 9.17) is 4.74 Å². The lowest BCUT2D eigenvalue weighted by atomic mass is 10.0. The summed E-state index contributed by atoms with van der Waals surface area (Å²) in [7, 11) is 0. The van der Waals surface area contributed by atoms with Crippen LogP contribution in [0.1, 0.15) is 37.7 Å². The Morgan fingerprint density at radius 2 is 2.00 bits per heavy atom. The minimum absolute atomic E-state index is 0.279. The molecule has 0 amide bonds. The molecule has 0 aromatic heterocycles. The zero-order chi connectivity index (χ0) is 17.5. The monoisotopic (exact) mass is 344 g/mol. The molecule has 138 valence electrons. The first-order chi connectivity index (χ1) is 12.3. The Hall–Kier alpha value is -1.36. The van der Waals surface area contributed by atoms with Crippen LogP contribution in [0.2, 0.25) is 0 Å². The number of hydrogen-bond donors (Lipinski definition) is 1. The van der Waals surface area contributed by atoms with Gasteiger partial charge in [-0.3, -0.25) is 9.80 Å². The van der Waals surface area contributed by atoms with Crippen molar-refractivity contribution >= 4 is 0 Å². The highest BCUT2D eigenvalue weighted by Crippen LogP contribution is 2.29. The molecule has 25 heavy (non-hydrogen) atoms. The summed E-state index contributed by atoms with van der Waals surface area (Å²) in [6.07, 6.45) is 8.06. The molecular weight excluding hydrogens is 312 g/mol. The minimum Gasteiger partial charge on any atom is -0.489 e. The van der Waals surface area contributed by atoms with E-state index in [9.17, 15) is 5.11 Å². The number of ether oxygens (including phenoxy) is 1. The number of hydrogen-bond acceptors (Lipinski definition) is 4. The van der Waals surface area contributed by atoms with Crippen molar-refractivity contribution in [1.29, 1.82) is 0 Å². The van der Waals surface area contributed by atoms with E-state index in [0.29, 0.717) is 12.6 Å². The standard InChI is InChI=1S/C21H32N2O2/c1-2-15-25-21-10-6-3-7-18(21)16-22-12-13-23(19-8-4-5-9-19)20(17-22)11-14-24/h2-3,6-7,10,19-20,24H,1,4-5,8-9,11-17H2. The largest absolute Gasteiger partial charge is 0.489 e. The molecule has 1 aliphatic carbocycles. The maximum Gasteiger partial charge on any atom is 0.124 e. The fourth-order valence-electron chi connectivity index (χ4n) is 4.36. The van der Waals surface area contributed by atoms with Crippen LogP contribution in [0.5, 0.6) is 5.75 Å². The summed E-state index contributed by atoms with van der Waals surface area (Å²) in [4.78, 5) is 5.20. The molecule has 0 spiro atoms. The second-order valence-electron chi connectivity index (χ2n) is 7.28. The summed E-state index contributed by atoms with van der Waals surface area (Å²) in [6.45, 7) is 8.71. The van der Waals surface area contributed by atoms with Gasteiger partial charge in [-0.05, 0) is 25.3 Å². The highest BCUT2D eigenvalue weighted by atomic mass is 16.5. The lowest BCUT2D eigenvalue weighted by Gasteiger charge is -2.44. The molecule has 1 aromatic rings. The average molecular weight is 344 g/mol. The third-order valence-corrected chi connectivity index (χ3v) is 5.59. The van der Waals surface area contributed by atoms with Gasteiger partial charge in [-0.15, -0.1) is 0 Å². The summed E-state index contributed by atoms with van der Waals surface area (Å²) >= 11 is 0. The third-order valence-electron chi connectivity index (χ3n) is 5.59. The van der Waals surface area contributed by atoms with Crippen molar-refractivity contribution < 1.29 is 9.84 Å². The topological polar surface area (TPSA) is 35.9 Å². The van der Waals surface area contributed by atoms with Gasteiger partial charge < -0.3 is 9.84 Å². The van der Waals surface area contributed by atoms with Gasteiger partial charge in [0, 0.05) is 50.4 Å². The molecule has 1 aromatic carbocycles. The first-order valence-corrected chi connectivity index (χ1v) is 9.72. The average Bonchev–Trinajstić information content (AvgIpc) is 3.16. The van der Waals surface area contributed by atoms with Gasteiger partial charge >= 0.3 is 0 Å². The first kappa shape index (κ1) is 18.4. The molecule has 2 aliphatic rings. The minimum atomic E-state index is 0.279. The van der Waals surface area contributed by atoms with Gasteiger partial charge in [0.1, 0.15) is 12.4 Å². The van der Waals surface area contributed by atoms with E-state index in [2.05, 4.69) is 28.5 Å². The number of para-hydroxylation sites is 1. The summed E-state index contributed by atoms with van der Waals surface area (Å²) in [5.41, 5.74) is 1.24. The Morgan fingerprint density at radius 3 is 2.76 bits per heavy atom. The maximum atomic E-state index is 9.52. The van der Waals surface area contributed by atoms with Gasteiger partial charge in [0.2, 0.25) is 0 Å². The van der Waals surface area contributed by atoms with E-state index in [-0.39, 0.29) is 6.61 Å². The predicted octanol–water partition coefficient (Wildman–Crippen LogP) is 3.06. The van der Waals surface area contributed by atoms with Crippen LogP contribution in [0.25, 0.3) is 0 Å². The normalized spacial score (nSPS) is 23.0. The first-order valence-electron chi connectivity index (χ1n) is 9.72. The van der Waals surface area contributed by atoms with Gasteiger partial charge in [-0.2, -0.15) is 0 Å². The van der Waals surface area contributed by atoms with Gasteiger partial charge in [-0.25, -0.2) is 0 Å². The number of benzene rings is 1. The van der Waals surface area contributed by atoms with Gasteiger partial charge in [-0.1, -0.05) is 43.7 Å². The van der Waals surface area contributed by atoms with E-state index in [1.807, 2.05) is 12.1 Å². The maximum absolute atomic E-state index is 9.52. The number of aliphatic hydroxyl groups excluding tert-OH is 1. The lowest BCUT2D eigenvalue weighted by molar-refractivity contribution is 0.0264. The van der Waals surface area contributed by atoms with Crippen LogP contribution in [0.15, 0.2) is 36.9 Å². The van der Waals surface area contributed by atoms with E-state index in [1.165, 1.54) is 31.2 Å². The van der Waals surface area contributed by atoms with Crippen LogP contribution in [0, 0.1) is 0 Å². The van der Waals surface area contributed by atoms with Crippen LogP contribution in [-0.4, -0.2) is 59.8 Å². The molecule has 0 bridgehead atoms. The molecule has 3 rings (SSSR count). The molecule has 1 atom stereocenters. The molecular formula is C21H32N2O2. The van der Waals surface area contributed by atoms with E-state index in [0.717, 1.165) is 44.4 Å². The van der Waals surface area contributed by atoms with Crippen LogP contribution in [0.3, 0.4) is 0 Å². The molecule has 1 N–H and O–H groups in total. The quantitative estimate of drug-likeness (QED) is 0.735. The van der Waals surface area contributed by atoms with Crippen molar-refractivity contribution in [3.05, 3.63) is 42.5 Å². The van der Waals surface area contributed by atoms with Gasteiger partial charge in [0.05, 0.1) is 0 Å². The summed E-state index contributed by atoms with van der Waals surface area (Å²) in [6, 6.07) is 9.51. The summed E-state index contributed by atoms with van der Waals surface area (Å²) in [5.74, 6) is 0.958. The van der Waals surface area contributed by atoms with Crippen molar-refractivity contribution in [2.45, 2.75) is 50.7 Å². The molecule has 0 radical (unpaired) electrons. The number of nitrogens with zero attached hydrogens (tertiary/aromatic N) is 2. The predicted molar refractivity (Wildman–Crippen MR) is 102 cm³/mol. The van der Waals surface area contributed by atoms with Gasteiger partial charge in [0.25, 0.3) is 0 Å². The summed E-state index contributed by atoms with van der Waals surface area (Å²) < 4.78 is 5.81. The smallest absolute Gasteiger partial charge is 0.124 e. The molecule has 1 aliphatic heterocycles. The Morgan fingerprint density at radius 1 is 1.20 bits per heavy atom. The third kappa shape index (κ3) is 4.84. The molecule has 1 heterocycles. The van der Waals surface area contributed by atoms with Crippen molar-refractivity contribution in [2.75, 3.05) is 32.8 Å². The second kappa shape index (κ2) is 9.37. The fraction of sp³-hybridized carbons (Fsp3) is 0.619. The Balaban J connectivity index is 1.63. The highest BCUT2D eigenvalue weighted by molar-refractivity contribution is 5.33. The van der Waals surface area contributed by atoms with Crippen molar-refractivity contribution in [3.8, 4) is 5.75 Å². The zero-order valence-electron chi connectivity index (χ0n) is 15.3. The number of rotatable bonds is 8. The van der Waals surface area contributed by atoms with Crippen LogP contribution in [0.4, 0.5) is 0 Å². The van der Waals surface area contributed by atoms with Crippen molar-refractivity contribution in [3.63, 3.8) is 0 Å². The molecule has 4 heteroatoms. The van der Waals surface area contributed by atoms with Gasteiger partial charge in [0.15, 0.2) is 0 Å². The Kier molecular flexibility index (Phi) is 6.91. The molecule has 2 fully saturated rings. The van der Waals surface area contributed by atoms with E-state index in [1.54, 1.807) is 6.08 Å². The lowest BCUT2D eigenvalue weighted by Crippen LogP contribution is -2.56. The van der Waals surface area contributed by atoms with E-state index < -0.39 is 0 Å². The SMILES string of the molecule is C=CCOc1ccccc1CN1CCN(C2CCCC2)C(CCO)C1. The summed E-state index contributed by atoms with van der Waals surface area (Å²) in [5, 5.41) is 9.52. The molecule has 1 unspecified atom stereocenters. The van der Waals surface area contributed by atoms with Crippen LogP contribution >= 0.6 is 0 Å². The van der Waals surface area contributed by atoms with Crippen LogP contribution < -0.4 is 4.74 Å². The second-order valence-corrected chi connectivity index (χ2v) is 7.28. The zero-order valence-corrected chi connectivity index (χ0v) is 15.3. The molecule has 1 saturated carbocycles. The number of aliphatic hydroxyl groups is 1. The Bertz CT molecular complexity index is 542. The molecule has 1 saturated heterocycles. The number of piperazine rings is 1. The van der Waals surface area contributed by atoms with E-state index >= 15 is 0 Å². The fourth-order valence-corrected chi connectivity index (χ4v) is 4.36.